The lowest BCUT2D eigenvalue weighted by molar-refractivity contribution is -0.131. The van der Waals surface area contributed by atoms with Crippen LogP contribution in [0.2, 0.25) is 0 Å². The molecule has 2 amide bonds. The Bertz CT molecular complexity index is 575. The maximum atomic E-state index is 12.3. The molecule has 0 radical (unpaired) electrons. The minimum absolute atomic E-state index is 0.00131. The van der Waals surface area contributed by atoms with E-state index in [-0.39, 0.29) is 29.9 Å². The van der Waals surface area contributed by atoms with E-state index in [4.69, 9.17) is 4.74 Å². The second kappa shape index (κ2) is 7.79. The summed E-state index contributed by atoms with van der Waals surface area (Å²) in [5, 5.41) is 6.09. The number of fused-ring (bicyclic) bond motifs is 1. The fourth-order valence-corrected chi connectivity index (χ4v) is 3.94. The second-order valence-electron chi connectivity index (χ2n) is 6.89. The fourth-order valence-electron chi connectivity index (χ4n) is 3.94. The number of benzene rings is 1. The van der Waals surface area contributed by atoms with Crippen molar-refractivity contribution in [2.24, 2.45) is 11.8 Å². The van der Waals surface area contributed by atoms with Gasteiger partial charge in [-0.25, -0.2) is 0 Å². The number of methoxy groups -OCH3 is 1. The van der Waals surface area contributed by atoms with Crippen LogP contribution in [0.15, 0.2) is 30.3 Å². The molecule has 0 bridgehead atoms. The molecule has 1 aromatic carbocycles. The normalized spacial score (nSPS) is 29.5. The summed E-state index contributed by atoms with van der Waals surface area (Å²) in [6.07, 6.45) is 4.99. The molecule has 2 N–H and O–H groups in total. The lowest BCUT2D eigenvalue weighted by Crippen LogP contribution is -2.53. The van der Waals surface area contributed by atoms with Crippen molar-refractivity contribution in [3.8, 4) is 0 Å². The van der Waals surface area contributed by atoms with Gasteiger partial charge in [-0.05, 0) is 50.2 Å². The van der Waals surface area contributed by atoms with Crippen molar-refractivity contribution < 1.29 is 14.3 Å². The van der Waals surface area contributed by atoms with Crippen LogP contribution in [0.5, 0.6) is 0 Å². The smallest absolute Gasteiger partial charge is 0.251 e. The van der Waals surface area contributed by atoms with E-state index in [2.05, 4.69) is 10.6 Å². The van der Waals surface area contributed by atoms with Crippen LogP contribution >= 0.6 is 0 Å². The van der Waals surface area contributed by atoms with Gasteiger partial charge in [-0.2, -0.15) is 0 Å². The predicted octanol–water partition coefficient (Wildman–Crippen LogP) is 2.13. The summed E-state index contributed by atoms with van der Waals surface area (Å²) < 4.78 is 5.44. The molecule has 1 aliphatic carbocycles. The van der Waals surface area contributed by atoms with Gasteiger partial charge in [-0.1, -0.05) is 18.2 Å². The number of carbonyl (C=O) groups excluding carboxylic acids is 2. The molecule has 130 valence electrons. The van der Waals surface area contributed by atoms with Crippen LogP contribution in [0, 0.1) is 11.8 Å². The Kier molecular flexibility index (Phi) is 5.51. The molecule has 0 aromatic heterocycles. The SMILES string of the molecule is COC1CCC2CC(CCNC(=O)c3ccccc3)C(=O)NC2C1. The highest BCUT2D eigenvalue weighted by molar-refractivity contribution is 5.94. The number of nitrogens with one attached hydrogen (secondary N) is 2. The summed E-state index contributed by atoms with van der Waals surface area (Å²) in [5.41, 5.74) is 0.656. The highest BCUT2D eigenvalue weighted by atomic mass is 16.5. The Balaban J connectivity index is 1.46. The first kappa shape index (κ1) is 17.0. The van der Waals surface area contributed by atoms with Crippen LogP contribution < -0.4 is 10.6 Å². The van der Waals surface area contributed by atoms with Gasteiger partial charge in [-0.15, -0.1) is 0 Å². The van der Waals surface area contributed by atoms with Gasteiger partial charge in [-0.3, -0.25) is 9.59 Å². The summed E-state index contributed by atoms with van der Waals surface area (Å²) in [5.74, 6) is 0.595. The Morgan fingerprint density at radius 3 is 2.79 bits per heavy atom. The van der Waals surface area contributed by atoms with E-state index in [1.807, 2.05) is 18.2 Å². The maximum Gasteiger partial charge on any atom is 0.251 e. The average Bonchev–Trinajstić information content (AvgIpc) is 2.62. The first-order valence-electron chi connectivity index (χ1n) is 8.83. The summed E-state index contributed by atoms with van der Waals surface area (Å²) in [4.78, 5) is 24.4. The lowest BCUT2D eigenvalue weighted by Gasteiger charge is -2.41. The lowest BCUT2D eigenvalue weighted by atomic mass is 9.74. The van der Waals surface area contributed by atoms with Crippen molar-refractivity contribution in [2.75, 3.05) is 13.7 Å². The van der Waals surface area contributed by atoms with Gasteiger partial charge in [0.05, 0.1) is 6.10 Å². The molecule has 4 unspecified atom stereocenters. The number of ether oxygens (including phenoxy) is 1. The van der Waals surface area contributed by atoms with Crippen molar-refractivity contribution in [1.29, 1.82) is 0 Å². The van der Waals surface area contributed by atoms with Gasteiger partial charge in [0.15, 0.2) is 0 Å². The van der Waals surface area contributed by atoms with E-state index in [1.54, 1.807) is 19.2 Å². The van der Waals surface area contributed by atoms with Gasteiger partial charge < -0.3 is 15.4 Å². The number of rotatable bonds is 5. The topological polar surface area (TPSA) is 67.4 Å². The minimum Gasteiger partial charge on any atom is -0.381 e. The van der Waals surface area contributed by atoms with E-state index in [1.165, 1.54) is 0 Å². The fraction of sp³-hybridized carbons (Fsp3) is 0.579. The van der Waals surface area contributed by atoms with Crippen molar-refractivity contribution >= 4 is 11.8 Å². The second-order valence-corrected chi connectivity index (χ2v) is 6.89. The summed E-state index contributed by atoms with van der Waals surface area (Å²) >= 11 is 0. The van der Waals surface area contributed by atoms with Crippen LogP contribution in [0.4, 0.5) is 0 Å². The number of carbonyl (C=O) groups is 2. The number of hydrogen-bond acceptors (Lipinski definition) is 3. The Labute approximate surface area is 143 Å². The Morgan fingerprint density at radius 1 is 1.25 bits per heavy atom. The molecule has 1 saturated heterocycles. The maximum absolute atomic E-state index is 12.3. The first-order chi connectivity index (χ1) is 11.7. The van der Waals surface area contributed by atoms with E-state index in [0.717, 1.165) is 25.7 Å². The molecule has 4 atom stereocenters. The molecular formula is C19H26N2O3. The van der Waals surface area contributed by atoms with Crippen LogP contribution in [-0.2, 0) is 9.53 Å². The molecule has 0 spiro atoms. The van der Waals surface area contributed by atoms with E-state index in [9.17, 15) is 9.59 Å². The van der Waals surface area contributed by atoms with E-state index in [0.29, 0.717) is 24.4 Å². The Hall–Kier alpha value is -1.88. The number of piperidine rings is 1. The molecule has 2 fully saturated rings. The third-order valence-corrected chi connectivity index (χ3v) is 5.38. The van der Waals surface area contributed by atoms with Crippen molar-refractivity contribution in [3.63, 3.8) is 0 Å². The average molecular weight is 330 g/mol. The van der Waals surface area contributed by atoms with Gasteiger partial charge in [0.1, 0.15) is 0 Å². The van der Waals surface area contributed by atoms with Crippen molar-refractivity contribution in [1.82, 2.24) is 10.6 Å². The molecule has 2 aliphatic rings. The zero-order chi connectivity index (χ0) is 16.9. The third kappa shape index (κ3) is 3.96. The molecular weight excluding hydrogens is 304 g/mol. The van der Waals surface area contributed by atoms with Crippen LogP contribution in [-0.4, -0.2) is 37.6 Å². The van der Waals surface area contributed by atoms with Crippen molar-refractivity contribution in [3.05, 3.63) is 35.9 Å². The molecule has 5 heteroatoms. The Morgan fingerprint density at radius 2 is 2.04 bits per heavy atom. The number of amides is 2. The molecule has 3 rings (SSSR count). The van der Waals surface area contributed by atoms with Crippen molar-refractivity contribution in [2.45, 2.75) is 44.2 Å². The quantitative estimate of drug-likeness (QED) is 0.869. The van der Waals surface area contributed by atoms with Crippen LogP contribution in [0.1, 0.15) is 42.5 Å². The molecule has 1 heterocycles. The monoisotopic (exact) mass is 330 g/mol. The third-order valence-electron chi connectivity index (χ3n) is 5.38. The minimum atomic E-state index is -0.0784. The highest BCUT2D eigenvalue weighted by Crippen LogP contribution is 2.35. The van der Waals surface area contributed by atoms with Gasteiger partial charge in [0.25, 0.3) is 5.91 Å². The van der Waals surface area contributed by atoms with E-state index < -0.39 is 0 Å². The molecule has 5 nitrogen and oxygen atoms in total. The van der Waals surface area contributed by atoms with Gasteiger partial charge in [0, 0.05) is 31.2 Å². The molecule has 1 saturated carbocycles. The predicted molar refractivity (Wildman–Crippen MR) is 91.6 cm³/mol. The van der Waals surface area contributed by atoms with E-state index >= 15 is 0 Å². The van der Waals surface area contributed by atoms with Gasteiger partial charge >= 0.3 is 0 Å². The standard InChI is InChI=1S/C19H26N2O3/c1-24-16-8-7-14-11-15(19(23)21-17(14)12-16)9-10-20-18(22)13-5-3-2-4-6-13/h2-6,14-17H,7-12H2,1H3,(H,20,22)(H,21,23). The highest BCUT2D eigenvalue weighted by Gasteiger charge is 2.39. The van der Waals surface area contributed by atoms with Gasteiger partial charge in [0.2, 0.25) is 5.91 Å². The summed E-state index contributed by atoms with van der Waals surface area (Å²) in [7, 11) is 1.74. The zero-order valence-corrected chi connectivity index (χ0v) is 14.2. The summed E-state index contributed by atoms with van der Waals surface area (Å²) in [6.45, 7) is 0.532. The van der Waals surface area contributed by atoms with Crippen LogP contribution in [0.3, 0.4) is 0 Å². The molecule has 24 heavy (non-hydrogen) atoms. The van der Waals surface area contributed by atoms with Crippen LogP contribution in [0.25, 0.3) is 0 Å². The summed E-state index contributed by atoms with van der Waals surface area (Å²) in [6, 6.07) is 9.42. The molecule has 1 aliphatic heterocycles. The molecule has 1 aromatic rings. The number of hydrogen-bond donors (Lipinski definition) is 2. The largest absolute Gasteiger partial charge is 0.381 e. The zero-order valence-electron chi connectivity index (χ0n) is 14.2. The first-order valence-corrected chi connectivity index (χ1v) is 8.83.